The van der Waals surface area contributed by atoms with E-state index < -0.39 is 0 Å². The van der Waals surface area contributed by atoms with Crippen LogP contribution in [-0.2, 0) is 12.8 Å². The number of nitrogens with one attached hydrogen (secondary N) is 1. The molecule has 0 saturated heterocycles. The van der Waals surface area contributed by atoms with Gasteiger partial charge in [0.05, 0.1) is 10.5 Å². The molecular weight excluding hydrogens is 394 g/mol. The van der Waals surface area contributed by atoms with E-state index in [4.69, 9.17) is 16.6 Å². The Morgan fingerprint density at radius 2 is 1.93 bits per heavy atom. The molecule has 0 fully saturated rings. The number of carbonyl (C=O) groups is 1. The van der Waals surface area contributed by atoms with Crippen LogP contribution in [0.5, 0.6) is 0 Å². The van der Waals surface area contributed by atoms with Crippen LogP contribution in [0, 0.1) is 0 Å². The number of benzene rings is 2. The standard InChI is InChI=1S/C25H28ClN3O/c1-2-29(19-9-4-3-5-10-19)16-8-15-27-25(30)18-13-14-21-23(17-18)28-22-12-7-6-11-20(22)24(21)26/h3-5,9-10,13-14,17H,2,6-8,11-12,15-16H2,1H3,(H,27,30). The zero-order chi connectivity index (χ0) is 20.9. The molecule has 0 unspecified atom stereocenters. The maximum Gasteiger partial charge on any atom is 0.251 e. The van der Waals surface area contributed by atoms with Gasteiger partial charge in [0.15, 0.2) is 0 Å². The van der Waals surface area contributed by atoms with Crippen molar-refractivity contribution in [1.29, 1.82) is 0 Å². The maximum absolute atomic E-state index is 12.7. The third-order valence-electron chi connectivity index (χ3n) is 5.85. The van der Waals surface area contributed by atoms with Gasteiger partial charge in [-0.1, -0.05) is 35.9 Å². The first kappa shape index (κ1) is 20.7. The van der Waals surface area contributed by atoms with Gasteiger partial charge in [0.25, 0.3) is 5.91 Å². The fourth-order valence-corrected chi connectivity index (χ4v) is 4.55. The highest BCUT2D eigenvalue weighted by atomic mass is 35.5. The van der Waals surface area contributed by atoms with Crippen LogP contribution in [0.15, 0.2) is 48.5 Å². The van der Waals surface area contributed by atoms with Gasteiger partial charge in [-0.15, -0.1) is 0 Å². The number of fused-ring (bicyclic) bond motifs is 2. The first-order valence-corrected chi connectivity index (χ1v) is 11.2. The average Bonchev–Trinajstić information content (AvgIpc) is 2.79. The number of anilines is 1. The lowest BCUT2D eigenvalue weighted by molar-refractivity contribution is 0.0953. The summed E-state index contributed by atoms with van der Waals surface area (Å²) < 4.78 is 0. The Bertz CT molecular complexity index is 1040. The molecule has 1 aromatic heterocycles. The Balaban J connectivity index is 1.38. The van der Waals surface area contributed by atoms with Crippen LogP contribution in [-0.4, -0.2) is 30.5 Å². The number of aromatic nitrogens is 1. The molecule has 3 aromatic rings. The molecule has 1 aliphatic rings. The molecule has 0 radical (unpaired) electrons. The van der Waals surface area contributed by atoms with Gasteiger partial charge in [0, 0.05) is 42.0 Å². The van der Waals surface area contributed by atoms with Crippen molar-refractivity contribution in [3.05, 3.63) is 70.4 Å². The molecule has 0 aliphatic heterocycles. The lowest BCUT2D eigenvalue weighted by Gasteiger charge is -2.23. The zero-order valence-electron chi connectivity index (χ0n) is 17.5. The topological polar surface area (TPSA) is 45.2 Å². The first-order chi connectivity index (χ1) is 14.7. The summed E-state index contributed by atoms with van der Waals surface area (Å²) in [6.45, 7) is 4.64. The minimum absolute atomic E-state index is 0.0599. The Kier molecular flexibility index (Phi) is 6.53. The predicted molar refractivity (Wildman–Crippen MR) is 125 cm³/mol. The average molecular weight is 422 g/mol. The molecule has 156 valence electrons. The van der Waals surface area contributed by atoms with E-state index >= 15 is 0 Å². The quantitative estimate of drug-likeness (QED) is 0.518. The van der Waals surface area contributed by atoms with Gasteiger partial charge in [-0.25, -0.2) is 0 Å². The third-order valence-corrected chi connectivity index (χ3v) is 6.28. The van der Waals surface area contributed by atoms with Crippen molar-refractivity contribution in [3.8, 4) is 0 Å². The summed E-state index contributed by atoms with van der Waals surface area (Å²) >= 11 is 6.64. The fraction of sp³-hybridized carbons (Fsp3) is 0.360. The SMILES string of the molecule is CCN(CCCNC(=O)c1ccc2c(Cl)c3c(nc2c1)CCCC3)c1ccccc1. The number of carbonyl (C=O) groups excluding carboxylic acids is 1. The van der Waals surface area contributed by atoms with E-state index in [1.165, 1.54) is 17.7 Å². The highest BCUT2D eigenvalue weighted by Gasteiger charge is 2.18. The van der Waals surface area contributed by atoms with Crippen LogP contribution in [0.1, 0.15) is 47.8 Å². The molecule has 1 aliphatic carbocycles. The van der Waals surface area contributed by atoms with Crippen LogP contribution < -0.4 is 10.2 Å². The van der Waals surface area contributed by atoms with Crippen molar-refractivity contribution in [2.45, 2.75) is 39.0 Å². The number of amides is 1. The monoisotopic (exact) mass is 421 g/mol. The minimum atomic E-state index is -0.0599. The van der Waals surface area contributed by atoms with Crippen molar-refractivity contribution in [2.75, 3.05) is 24.5 Å². The smallest absolute Gasteiger partial charge is 0.251 e. The second-order valence-electron chi connectivity index (χ2n) is 7.81. The van der Waals surface area contributed by atoms with E-state index in [-0.39, 0.29) is 5.91 Å². The number of aryl methyl sites for hydroxylation is 1. The van der Waals surface area contributed by atoms with Gasteiger partial charge >= 0.3 is 0 Å². The van der Waals surface area contributed by atoms with Gasteiger partial charge in [-0.05, 0) is 68.9 Å². The van der Waals surface area contributed by atoms with Gasteiger partial charge in [-0.2, -0.15) is 0 Å². The summed E-state index contributed by atoms with van der Waals surface area (Å²) in [5.41, 5.74) is 4.95. The number of pyridine rings is 1. The van der Waals surface area contributed by atoms with E-state index in [9.17, 15) is 4.79 Å². The van der Waals surface area contributed by atoms with Gasteiger partial charge in [-0.3, -0.25) is 9.78 Å². The second-order valence-corrected chi connectivity index (χ2v) is 8.19. The van der Waals surface area contributed by atoms with Crippen LogP contribution in [0.3, 0.4) is 0 Å². The fourth-order valence-electron chi connectivity index (χ4n) is 4.19. The molecule has 0 saturated carbocycles. The van der Waals surface area contributed by atoms with Crippen molar-refractivity contribution in [2.24, 2.45) is 0 Å². The molecular formula is C25H28ClN3O. The normalized spacial score (nSPS) is 13.1. The van der Waals surface area contributed by atoms with Crippen molar-refractivity contribution in [1.82, 2.24) is 10.3 Å². The Hall–Kier alpha value is -2.59. The van der Waals surface area contributed by atoms with Crippen molar-refractivity contribution < 1.29 is 4.79 Å². The Morgan fingerprint density at radius 1 is 1.13 bits per heavy atom. The minimum Gasteiger partial charge on any atom is -0.372 e. The van der Waals surface area contributed by atoms with E-state index in [1.807, 2.05) is 24.3 Å². The number of nitrogens with zero attached hydrogens (tertiary/aromatic N) is 2. The summed E-state index contributed by atoms with van der Waals surface area (Å²) in [6, 6.07) is 16.0. The highest BCUT2D eigenvalue weighted by Crippen LogP contribution is 2.33. The maximum atomic E-state index is 12.7. The Labute approximate surface area is 183 Å². The van der Waals surface area contributed by atoms with E-state index in [2.05, 4.69) is 41.4 Å². The van der Waals surface area contributed by atoms with Crippen LogP contribution >= 0.6 is 11.6 Å². The lowest BCUT2D eigenvalue weighted by atomic mass is 9.94. The van der Waals surface area contributed by atoms with Gasteiger partial charge in [0.1, 0.15) is 0 Å². The molecule has 0 bridgehead atoms. The third kappa shape index (κ3) is 4.44. The van der Waals surface area contributed by atoms with E-state index in [0.717, 1.165) is 60.4 Å². The largest absolute Gasteiger partial charge is 0.372 e. The summed E-state index contributed by atoms with van der Waals surface area (Å²) in [6.07, 6.45) is 5.17. The number of para-hydroxylation sites is 1. The summed E-state index contributed by atoms with van der Waals surface area (Å²) in [5.74, 6) is -0.0599. The molecule has 1 amide bonds. The van der Waals surface area contributed by atoms with Gasteiger partial charge in [0.2, 0.25) is 0 Å². The molecule has 4 rings (SSSR count). The van der Waals surface area contributed by atoms with Crippen molar-refractivity contribution >= 4 is 34.1 Å². The second kappa shape index (κ2) is 9.48. The number of hydrogen-bond acceptors (Lipinski definition) is 3. The van der Waals surface area contributed by atoms with Crippen LogP contribution in [0.4, 0.5) is 5.69 Å². The van der Waals surface area contributed by atoms with Crippen molar-refractivity contribution in [3.63, 3.8) is 0 Å². The molecule has 1 heterocycles. The molecule has 5 heteroatoms. The van der Waals surface area contributed by atoms with E-state index in [1.54, 1.807) is 0 Å². The Morgan fingerprint density at radius 3 is 2.73 bits per heavy atom. The summed E-state index contributed by atoms with van der Waals surface area (Å²) in [5, 5.41) is 4.79. The van der Waals surface area contributed by atoms with E-state index in [0.29, 0.717) is 12.1 Å². The lowest BCUT2D eigenvalue weighted by Crippen LogP contribution is -2.30. The molecule has 2 aromatic carbocycles. The zero-order valence-corrected chi connectivity index (χ0v) is 18.2. The number of rotatable bonds is 7. The molecule has 30 heavy (non-hydrogen) atoms. The van der Waals surface area contributed by atoms with Crippen LogP contribution in [0.25, 0.3) is 10.9 Å². The van der Waals surface area contributed by atoms with Gasteiger partial charge < -0.3 is 10.2 Å². The highest BCUT2D eigenvalue weighted by molar-refractivity contribution is 6.36. The first-order valence-electron chi connectivity index (χ1n) is 10.9. The summed E-state index contributed by atoms with van der Waals surface area (Å²) in [4.78, 5) is 19.8. The molecule has 1 N–H and O–H groups in total. The number of hydrogen-bond donors (Lipinski definition) is 1. The summed E-state index contributed by atoms with van der Waals surface area (Å²) in [7, 11) is 0. The van der Waals surface area contributed by atoms with Crippen LogP contribution in [0.2, 0.25) is 5.02 Å². The molecule has 4 nitrogen and oxygen atoms in total. The molecule has 0 atom stereocenters. The predicted octanol–water partition coefficient (Wildman–Crippen LogP) is 5.41. The number of halogens is 1. The molecule has 0 spiro atoms.